The molecule has 1 aliphatic rings. The molecule has 0 aromatic heterocycles. The van der Waals surface area contributed by atoms with Gasteiger partial charge in [-0.3, -0.25) is 10.1 Å². The van der Waals surface area contributed by atoms with Crippen molar-refractivity contribution in [1.82, 2.24) is 10.2 Å². The maximum Gasteiger partial charge on any atom is 0.241 e. The molecule has 1 aliphatic heterocycles. The molecular weight excluding hydrogens is 252 g/mol. The van der Waals surface area contributed by atoms with Crippen molar-refractivity contribution in [3.63, 3.8) is 0 Å². The number of nitrogens with zero attached hydrogens (tertiary/aromatic N) is 1. The summed E-state index contributed by atoms with van der Waals surface area (Å²) in [5.41, 5.74) is 0. The Hall–Kier alpha value is -0.610. The molecule has 4 nitrogen and oxygen atoms in total. The Balaban J connectivity index is 2.57. The SMILES string of the molecule is CCOCCCN1C(=O)C(CC(C)C)NC1CC(C)C. The summed E-state index contributed by atoms with van der Waals surface area (Å²) in [5.74, 6) is 1.41. The number of hydrogen-bond donors (Lipinski definition) is 1. The van der Waals surface area contributed by atoms with Crippen molar-refractivity contribution in [1.29, 1.82) is 0 Å². The molecule has 0 aliphatic carbocycles. The van der Waals surface area contributed by atoms with E-state index in [-0.39, 0.29) is 18.1 Å². The Morgan fingerprint density at radius 1 is 1.20 bits per heavy atom. The number of ether oxygens (including phenoxy) is 1. The van der Waals surface area contributed by atoms with E-state index in [0.717, 1.165) is 39.0 Å². The smallest absolute Gasteiger partial charge is 0.241 e. The molecule has 0 spiro atoms. The average Bonchev–Trinajstić information content (AvgIpc) is 2.61. The van der Waals surface area contributed by atoms with E-state index in [4.69, 9.17) is 4.74 Å². The topological polar surface area (TPSA) is 41.6 Å². The van der Waals surface area contributed by atoms with Gasteiger partial charge in [0.25, 0.3) is 0 Å². The van der Waals surface area contributed by atoms with Crippen molar-refractivity contribution in [2.45, 2.75) is 66.1 Å². The third-order valence-electron chi connectivity index (χ3n) is 3.64. The Morgan fingerprint density at radius 3 is 2.40 bits per heavy atom. The predicted octanol–water partition coefficient (Wildman–Crippen LogP) is 2.63. The van der Waals surface area contributed by atoms with Crippen LogP contribution in [0.2, 0.25) is 0 Å². The number of amides is 1. The summed E-state index contributed by atoms with van der Waals surface area (Å²) in [6, 6.07) is 0.00541. The van der Waals surface area contributed by atoms with Crippen LogP contribution in [0.4, 0.5) is 0 Å². The molecule has 0 aromatic carbocycles. The van der Waals surface area contributed by atoms with Crippen LogP contribution in [-0.4, -0.2) is 42.8 Å². The second kappa shape index (κ2) is 8.63. The van der Waals surface area contributed by atoms with E-state index in [1.807, 2.05) is 11.8 Å². The lowest BCUT2D eigenvalue weighted by Crippen LogP contribution is -2.39. The summed E-state index contributed by atoms with van der Waals surface area (Å²) in [6.07, 6.45) is 3.07. The molecule has 1 fully saturated rings. The van der Waals surface area contributed by atoms with Crippen LogP contribution in [0.15, 0.2) is 0 Å². The zero-order chi connectivity index (χ0) is 15.1. The van der Waals surface area contributed by atoms with Gasteiger partial charge in [-0.05, 0) is 38.0 Å². The van der Waals surface area contributed by atoms with Gasteiger partial charge >= 0.3 is 0 Å². The maximum atomic E-state index is 12.5. The highest BCUT2D eigenvalue weighted by molar-refractivity contribution is 5.84. The van der Waals surface area contributed by atoms with Gasteiger partial charge in [-0.15, -0.1) is 0 Å². The van der Waals surface area contributed by atoms with Crippen LogP contribution >= 0.6 is 0 Å². The molecule has 0 radical (unpaired) electrons. The number of carbonyl (C=O) groups is 1. The molecule has 2 unspecified atom stereocenters. The monoisotopic (exact) mass is 284 g/mol. The molecule has 2 atom stereocenters. The van der Waals surface area contributed by atoms with Gasteiger partial charge in [-0.2, -0.15) is 0 Å². The lowest BCUT2D eigenvalue weighted by Gasteiger charge is -2.25. The number of hydrogen-bond acceptors (Lipinski definition) is 3. The van der Waals surface area contributed by atoms with Gasteiger partial charge < -0.3 is 9.64 Å². The van der Waals surface area contributed by atoms with E-state index < -0.39 is 0 Å². The Kier molecular flexibility index (Phi) is 7.52. The first-order valence-electron chi connectivity index (χ1n) is 8.10. The van der Waals surface area contributed by atoms with Crippen molar-refractivity contribution < 1.29 is 9.53 Å². The highest BCUT2D eigenvalue weighted by atomic mass is 16.5. The van der Waals surface area contributed by atoms with Crippen LogP contribution < -0.4 is 5.32 Å². The van der Waals surface area contributed by atoms with Gasteiger partial charge in [0, 0.05) is 19.8 Å². The highest BCUT2D eigenvalue weighted by Crippen LogP contribution is 2.21. The van der Waals surface area contributed by atoms with Gasteiger partial charge in [0.05, 0.1) is 12.2 Å². The van der Waals surface area contributed by atoms with Crippen LogP contribution in [0.5, 0.6) is 0 Å². The fourth-order valence-electron chi connectivity index (χ4n) is 2.78. The molecule has 0 saturated carbocycles. The summed E-state index contributed by atoms with van der Waals surface area (Å²) in [4.78, 5) is 14.6. The van der Waals surface area contributed by atoms with Crippen molar-refractivity contribution in [3.8, 4) is 0 Å². The quantitative estimate of drug-likeness (QED) is 0.662. The molecular formula is C16H32N2O2. The first-order valence-corrected chi connectivity index (χ1v) is 8.10. The minimum absolute atomic E-state index is 0.00541. The molecule has 4 heteroatoms. The van der Waals surface area contributed by atoms with E-state index in [1.165, 1.54) is 0 Å². The van der Waals surface area contributed by atoms with Crippen molar-refractivity contribution >= 4 is 5.91 Å². The lowest BCUT2D eigenvalue weighted by atomic mass is 10.0. The molecule has 0 bridgehead atoms. The Labute approximate surface area is 124 Å². The molecule has 1 rings (SSSR count). The fourth-order valence-corrected chi connectivity index (χ4v) is 2.78. The van der Waals surface area contributed by atoms with E-state index in [1.54, 1.807) is 0 Å². The summed E-state index contributed by atoms with van der Waals surface area (Å²) in [5, 5.41) is 3.53. The summed E-state index contributed by atoms with van der Waals surface area (Å²) >= 11 is 0. The molecule has 1 heterocycles. The third-order valence-corrected chi connectivity index (χ3v) is 3.64. The second-order valence-electron chi connectivity index (χ2n) is 6.58. The van der Waals surface area contributed by atoms with E-state index in [0.29, 0.717) is 11.8 Å². The van der Waals surface area contributed by atoms with Crippen molar-refractivity contribution in [2.75, 3.05) is 19.8 Å². The van der Waals surface area contributed by atoms with E-state index >= 15 is 0 Å². The minimum atomic E-state index is 0.00541. The molecule has 0 aromatic rings. The average molecular weight is 284 g/mol. The molecule has 1 N–H and O–H groups in total. The summed E-state index contributed by atoms with van der Waals surface area (Å²) in [7, 11) is 0. The Bertz CT molecular complexity index is 292. The van der Waals surface area contributed by atoms with Crippen molar-refractivity contribution in [2.24, 2.45) is 11.8 Å². The standard InChI is InChI=1S/C16H32N2O2/c1-6-20-9-7-8-18-15(11-13(4)5)17-14(16(18)19)10-12(2)3/h12-15,17H,6-11H2,1-5H3. The zero-order valence-electron chi connectivity index (χ0n) is 13.8. The van der Waals surface area contributed by atoms with Crippen LogP contribution in [-0.2, 0) is 9.53 Å². The summed E-state index contributed by atoms with van der Waals surface area (Å²) in [6.45, 7) is 13.1. The number of nitrogens with one attached hydrogen (secondary N) is 1. The lowest BCUT2D eigenvalue weighted by molar-refractivity contribution is -0.130. The molecule has 1 amide bonds. The summed E-state index contributed by atoms with van der Waals surface area (Å²) < 4.78 is 5.38. The van der Waals surface area contributed by atoms with Crippen LogP contribution in [0.1, 0.15) is 53.9 Å². The molecule has 1 saturated heterocycles. The molecule has 118 valence electrons. The van der Waals surface area contributed by atoms with Crippen LogP contribution in [0, 0.1) is 11.8 Å². The maximum absolute atomic E-state index is 12.5. The van der Waals surface area contributed by atoms with Crippen molar-refractivity contribution in [3.05, 3.63) is 0 Å². The fraction of sp³-hybridized carbons (Fsp3) is 0.938. The number of carbonyl (C=O) groups excluding carboxylic acids is 1. The minimum Gasteiger partial charge on any atom is -0.382 e. The van der Waals surface area contributed by atoms with Gasteiger partial charge in [0.15, 0.2) is 0 Å². The second-order valence-corrected chi connectivity index (χ2v) is 6.58. The third kappa shape index (κ3) is 5.41. The largest absolute Gasteiger partial charge is 0.382 e. The van der Waals surface area contributed by atoms with Crippen LogP contribution in [0.25, 0.3) is 0 Å². The molecule has 20 heavy (non-hydrogen) atoms. The van der Waals surface area contributed by atoms with Gasteiger partial charge in [-0.1, -0.05) is 27.7 Å². The van der Waals surface area contributed by atoms with E-state index in [9.17, 15) is 4.79 Å². The number of rotatable bonds is 9. The highest BCUT2D eigenvalue weighted by Gasteiger charge is 2.38. The van der Waals surface area contributed by atoms with Gasteiger partial charge in [0.2, 0.25) is 5.91 Å². The zero-order valence-corrected chi connectivity index (χ0v) is 13.8. The van der Waals surface area contributed by atoms with Crippen LogP contribution in [0.3, 0.4) is 0 Å². The van der Waals surface area contributed by atoms with Gasteiger partial charge in [0.1, 0.15) is 0 Å². The first kappa shape index (κ1) is 17.4. The Morgan fingerprint density at radius 2 is 1.85 bits per heavy atom. The first-order chi connectivity index (χ1) is 9.45. The predicted molar refractivity (Wildman–Crippen MR) is 82.4 cm³/mol. The van der Waals surface area contributed by atoms with E-state index in [2.05, 4.69) is 33.0 Å². The van der Waals surface area contributed by atoms with Gasteiger partial charge in [-0.25, -0.2) is 0 Å². The normalized spacial score (nSPS) is 23.4.